The van der Waals surface area contributed by atoms with E-state index in [2.05, 4.69) is 25.6 Å². The number of fused-ring (bicyclic) bond motifs is 1. The van der Waals surface area contributed by atoms with Gasteiger partial charge in [0.05, 0.1) is 17.7 Å². The van der Waals surface area contributed by atoms with Gasteiger partial charge in [0, 0.05) is 6.07 Å². The first-order chi connectivity index (χ1) is 13.0. The van der Waals surface area contributed by atoms with Crippen LogP contribution in [0.5, 0.6) is 5.75 Å². The average molecular weight is 408 g/mol. The van der Waals surface area contributed by atoms with Crippen LogP contribution in [0.1, 0.15) is 18.7 Å². The van der Waals surface area contributed by atoms with Crippen molar-refractivity contribution in [3.8, 4) is 5.75 Å². The van der Waals surface area contributed by atoms with Crippen LogP contribution in [0.4, 0.5) is 0 Å². The summed E-state index contributed by atoms with van der Waals surface area (Å²) in [4.78, 5) is 35.5. The van der Waals surface area contributed by atoms with E-state index in [-0.39, 0.29) is 36.7 Å². The van der Waals surface area contributed by atoms with E-state index in [1.165, 1.54) is 0 Å². The summed E-state index contributed by atoms with van der Waals surface area (Å²) >= 11 is 0. The number of ether oxygens (including phenoxy) is 1. The van der Waals surface area contributed by atoms with Crippen molar-refractivity contribution in [2.75, 3.05) is 19.8 Å². The van der Waals surface area contributed by atoms with Crippen LogP contribution in [-0.4, -0.2) is 53.4 Å². The molecule has 150 valence electrons. The molecule has 3 heterocycles. The number of hydrogen-bond donors (Lipinski definition) is 5. The Balaban J connectivity index is 0.00000225. The molecule has 10 nitrogen and oxygen atoms in total. The van der Waals surface area contributed by atoms with Crippen molar-refractivity contribution in [1.82, 2.24) is 20.6 Å². The van der Waals surface area contributed by atoms with Crippen LogP contribution in [0, 0.1) is 0 Å². The number of imidazole rings is 1. The van der Waals surface area contributed by atoms with Crippen LogP contribution in [0.15, 0.2) is 23.2 Å². The molecule has 0 bridgehead atoms. The van der Waals surface area contributed by atoms with Crippen molar-refractivity contribution in [2.24, 2.45) is 16.5 Å². The summed E-state index contributed by atoms with van der Waals surface area (Å²) in [6.07, 6.45) is 2.05. The zero-order valence-electron chi connectivity index (χ0n) is 15.0. The maximum absolute atomic E-state index is 12.2. The molecule has 4 rings (SSSR count). The highest BCUT2D eigenvalue weighted by Gasteiger charge is 2.51. The van der Waals surface area contributed by atoms with E-state index < -0.39 is 17.4 Å². The number of carbonyl (C=O) groups excluding carboxylic acids is 2. The first-order valence-corrected chi connectivity index (χ1v) is 8.78. The van der Waals surface area contributed by atoms with Crippen LogP contribution in [0.25, 0.3) is 11.0 Å². The fourth-order valence-electron chi connectivity index (χ4n) is 3.56. The Morgan fingerprint density at radius 3 is 2.64 bits per heavy atom. The number of nitrogens with two attached hydrogens (primary N) is 2. The number of aromatic amines is 1. The monoisotopic (exact) mass is 407 g/mol. The third-order valence-electron chi connectivity index (χ3n) is 4.94. The van der Waals surface area contributed by atoms with Crippen molar-refractivity contribution in [3.63, 3.8) is 0 Å². The standard InChI is InChI=1S/C17H21N7O3.ClH/c18-14(25)13-17(15(19)26,22-8-21-13)16-23-11-2-1-10(7-12(11)24-16)27-9-3-5-20-6-4-9;/h1-2,7,9,20,22H,3-6,8H2,(H2,18,25)(H2,19,26)(H,23,24);1H. The Kier molecular flexibility index (Phi) is 5.54. The van der Waals surface area contributed by atoms with E-state index in [9.17, 15) is 9.59 Å². The van der Waals surface area contributed by atoms with E-state index >= 15 is 0 Å². The predicted octanol–water partition coefficient (Wildman–Crippen LogP) is -0.717. The number of hydrogen-bond acceptors (Lipinski definition) is 7. The maximum Gasteiger partial charge on any atom is 0.265 e. The van der Waals surface area contributed by atoms with Crippen molar-refractivity contribution in [2.45, 2.75) is 24.5 Å². The molecule has 1 fully saturated rings. The summed E-state index contributed by atoms with van der Waals surface area (Å²) in [5.41, 5.74) is 10.4. The van der Waals surface area contributed by atoms with Gasteiger partial charge in [-0.05, 0) is 38.1 Å². The van der Waals surface area contributed by atoms with Crippen molar-refractivity contribution >= 4 is 41.0 Å². The summed E-state index contributed by atoms with van der Waals surface area (Å²) in [6, 6.07) is 5.44. The minimum Gasteiger partial charge on any atom is -0.490 e. The molecule has 28 heavy (non-hydrogen) atoms. The Morgan fingerprint density at radius 2 is 1.96 bits per heavy atom. The van der Waals surface area contributed by atoms with E-state index in [0.717, 1.165) is 25.9 Å². The molecule has 2 aliphatic heterocycles. The first kappa shape index (κ1) is 20.1. The third kappa shape index (κ3) is 3.30. The number of aliphatic imine (C=N–C) groups is 1. The molecule has 1 aromatic carbocycles. The Labute approximate surface area is 166 Å². The highest BCUT2D eigenvalue weighted by molar-refractivity contribution is 6.46. The van der Waals surface area contributed by atoms with E-state index in [1.807, 2.05) is 12.1 Å². The second kappa shape index (κ2) is 7.74. The lowest BCUT2D eigenvalue weighted by Crippen LogP contribution is -2.58. The number of rotatable bonds is 5. The lowest BCUT2D eigenvalue weighted by Gasteiger charge is -2.24. The summed E-state index contributed by atoms with van der Waals surface area (Å²) in [7, 11) is 0. The number of nitrogens with zero attached hydrogens (tertiary/aromatic N) is 2. The van der Waals surface area contributed by atoms with Gasteiger partial charge in [-0.15, -0.1) is 12.4 Å². The number of piperidine rings is 1. The summed E-state index contributed by atoms with van der Waals surface area (Å²) in [5.74, 6) is -0.739. The van der Waals surface area contributed by atoms with Gasteiger partial charge in [0.2, 0.25) is 5.54 Å². The third-order valence-corrected chi connectivity index (χ3v) is 4.94. The van der Waals surface area contributed by atoms with Gasteiger partial charge in [-0.25, -0.2) is 4.98 Å². The number of carbonyl (C=O) groups is 2. The molecule has 0 saturated carbocycles. The molecule has 1 aromatic heterocycles. The molecule has 1 unspecified atom stereocenters. The van der Waals surface area contributed by atoms with E-state index in [4.69, 9.17) is 16.2 Å². The minimum absolute atomic E-state index is 0. The van der Waals surface area contributed by atoms with Crippen LogP contribution >= 0.6 is 12.4 Å². The van der Waals surface area contributed by atoms with E-state index in [1.54, 1.807) is 6.07 Å². The van der Waals surface area contributed by atoms with Gasteiger partial charge in [0.1, 0.15) is 23.4 Å². The second-order valence-corrected chi connectivity index (χ2v) is 6.65. The molecular weight excluding hydrogens is 386 g/mol. The van der Waals surface area contributed by atoms with Gasteiger partial charge in [-0.2, -0.15) is 0 Å². The Bertz CT molecular complexity index is 938. The highest BCUT2D eigenvalue weighted by atomic mass is 35.5. The Hall–Kier alpha value is -2.69. The fourth-order valence-corrected chi connectivity index (χ4v) is 3.56. The second-order valence-electron chi connectivity index (χ2n) is 6.65. The van der Waals surface area contributed by atoms with Crippen LogP contribution in [0.2, 0.25) is 0 Å². The number of aromatic nitrogens is 2. The molecule has 2 aliphatic rings. The van der Waals surface area contributed by atoms with Gasteiger partial charge in [-0.3, -0.25) is 19.9 Å². The van der Waals surface area contributed by atoms with Crippen molar-refractivity contribution < 1.29 is 14.3 Å². The average Bonchev–Trinajstić information content (AvgIpc) is 3.27. The van der Waals surface area contributed by atoms with Gasteiger partial charge >= 0.3 is 0 Å². The van der Waals surface area contributed by atoms with E-state index in [0.29, 0.717) is 16.8 Å². The number of benzene rings is 1. The predicted molar refractivity (Wildman–Crippen MR) is 105 cm³/mol. The normalized spacial score (nSPS) is 22.5. The first-order valence-electron chi connectivity index (χ1n) is 8.78. The molecule has 0 aliphatic carbocycles. The number of primary amides is 2. The number of H-pyrrole nitrogens is 1. The molecule has 0 radical (unpaired) electrons. The molecule has 1 atom stereocenters. The van der Waals surface area contributed by atoms with Crippen LogP contribution < -0.4 is 26.8 Å². The van der Waals surface area contributed by atoms with Crippen LogP contribution in [0.3, 0.4) is 0 Å². The highest BCUT2D eigenvalue weighted by Crippen LogP contribution is 2.28. The number of amides is 2. The topological polar surface area (TPSA) is 161 Å². The largest absolute Gasteiger partial charge is 0.490 e. The summed E-state index contributed by atoms with van der Waals surface area (Å²) in [5, 5.41) is 6.14. The molecule has 11 heteroatoms. The van der Waals surface area contributed by atoms with Crippen molar-refractivity contribution in [1.29, 1.82) is 0 Å². The summed E-state index contributed by atoms with van der Waals surface area (Å²) < 4.78 is 6.04. The van der Waals surface area contributed by atoms with Gasteiger partial charge in [-0.1, -0.05) is 0 Å². The minimum atomic E-state index is -1.67. The van der Waals surface area contributed by atoms with Crippen molar-refractivity contribution in [3.05, 3.63) is 24.0 Å². The Morgan fingerprint density at radius 1 is 1.21 bits per heavy atom. The summed E-state index contributed by atoms with van der Waals surface area (Å²) in [6.45, 7) is 1.91. The number of halogens is 1. The lowest BCUT2D eigenvalue weighted by molar-refractivity contribution is -0.123. The molecule has 2 amide bonds. The van der Waals surface area contributed by atoms with Gasteiger partial charge in [0.25, 0.3) is 11.8 Å². The number of nitrogens with one attached hydrogen (secondary N) is 3. The van der Waals surface area contributed by atoms with Gasteiger partial charge in [0.15, 0.2) is 0 Å². The SMILES string of the molecule is Cl.NC(=O)C1=NCNC1(C(N)=O)c1nc2ccc(OC3CCNCC3)cc2[nH]1. The van der Waals surface area contributed by atoms with Gasteiger partial charge < -0.3 is 26.5 Å². The molecule has 0 spiro atoms. The molecule has 1 saturated heterocycles. The molecular formula is C17H22ClN7O3. The fraction of sp³-hybridized carbons (Fsp3) is 0.412. The molecule has 2 aromatic rings. The maximum atomic E-state index is 12.2. The quantitative estimate of drug-likeness (QED) is 0.439. The molecule has 7 N–H and O–H groups in total. The zero-order chi connectivity index (χ0) is 19.0. The van der Waals surface area contributed by atoms with Crippen LogP contribution in [-0.2, 0) is 15.1 Å². The zero-order valence-corrected chi connectivity index (χ0v) is 15.8. The smallest absolute Gasteiger partial charge is 0.265 e. The lowest BCUT2D eigenvalue weighted by atomic mass is 9.91.